The Morgan fingerprint density at radius 2 is 1.83 bits per heavy atom. The van der Waals surface area contributed by atoms with Gasteiger partial charge in [0.1, 0.15) is 10.5 Å². The molecule has 0 bridgehead atoms. The third-order valence-electron chi connectivity index (χ3n) is 10.7. The molecule has 48 heavy (non-hydrogen) atoms. The minimum atomic E-state index is -3.69. The number of nitrogens with zero attached hydrogens (tertiary/aromatic N) is 2. The fraction of sp³-hybridized carbons (Fsp3) is 0.475. The minimum absolute atomic E-state index is 0.0881. The first-order valence-electron chi connectivity index (χ1n) is 17.5. The lowest BCUT2D eigenvalue weighted by Crippen LogP contribution is -2.44. The average Bonchev–Trinajstić information content (AvgIpc) is 3.40. The molecule has 8 heteroatoms. The molecule has 0 saturated carbocycles. The van der Waals surface area contributed by atoms with Gasteiger partial charge in [-0.05, 0) is 104 Å². The minimum Gasteiger partial charge on any atom is -0.493 e. The summed E-state index contributed by atoms with van der Waals surface area (Å²) in [6.07, 6.45) is 5.14. The number of sulfonamides is 1. The van der Waals surface area contributed by atoms with Crippen LogP contribution >= 0.6 is 0 Å². The summed E-state index contributed by atoms with van der Waals surface area (Å²) >= 11 is 0. The normalized spacial score (nSPS) is 19.4. The molecule has 2 aliphatic rings. The van der Waals surface area contributed by atoms with E-state index in [1.54, 1.807) is 27.0 Å². The quantitative estimate of drug-likeness (QED) is 0.163. The molecule has 256 valence electrons. The van der Waals surface area contributed by atoms with Crippen LogP contribution in [0.15, 0.2) is 66.9 Å². The van der Waals surface area contributed by atoms with Gasteiger partial charge in [-0.25, -0.2) is 8.42 Å². The molecule has 3 atom stereocenters. The molecule has 3 heterocycles. The maximum atomic E-state index is 14.2. The van der Waals surface area contributed by atoms with Crippen LogP contribution in [-0.2, 0) is 29.4 Å². The Hall–Kier alpha value is -3.62. The molecule has 0 aliphatic carbocycles. The van der Waals surface area contributed by atoms with E-state index in [1.807, 2.05) is 47.2 Å². The van der Waals surface area contributed by atoms with Crippen LogP contribution in [0.1, 0.15) is 105 Å². The molecule has 0 saturated heterocycles. The average molecular weight is 671 g/mol. The Labute approximate surface area is 286 Å². The summed E-state index contributed by atoms with van der Waals surface area (Å²) in [5.74, 6) is 1.28. The number of carbonyl (C=O) groups excluding carboxylic acids is 1. The zero-order valence-electron chi connectivity index (χ0n) is 29.2. The van der Waals surface area contributed by atoms with E-state index >= 15 is 0 Å². The Morgan fingerprint density at radius 1 is 1.08 bits per heavy atom. The second-order valence-electron chi connectivity index (χ2n) is 14.8. The van der Waals surface area contributed by atoms with Gasteiger partial charge in [0.25, 0.3) is 0 Å². The zero-order chi connectivity index (χ0) is 34.4. The number of hydrogen-bond acceptors (Lipinski definition) is 5. The number of aryl methyl sites for hydroxylation is 1. The first kappa shape index (κ1) is 34.3. The summed E-state index contributed by atoms with van der Waals surface area (Å²) in [7, 11) is -2.10. The van der Waals surface area contributed by atoms with Crippen LogP contribution in [0.5, 0.6) is 5.75 Å². The first-order chi connectivity index (χ1) is 22.8. The van der Waals surface area contributed by atoms with E-state index in [4.69, 9.17) is 4.74 Å². The highest BCUT2D eigenvalue weighted by atomic mass is 32.2. The van der Waals surface area contributed by atoms with E-state index < -0.39 is 20.9 Å². The molecule has 1 N–H and O–H groups in total. The number of anilines is 1. The van der Waals surface area contributed by atoms with Gasteiger partial charge < -0.3 is 14.4 Å². The third-order valence-corrected chi connectivity index (χ3v) is 13.1. The first-order valence-corrected chi connectivity index (χ1v) is 18.9. The van der Waals surface area contributed by atoms with Crippen LogP contribution in [0, 0.1) is 5.92 Å². The molecule has 0 amide bonds. The van der Waals surface area contributed by atoms with Gasteiger partial charge in [0.05, 0.1) is 23.9 Å². The van der Waals surface area contributed by atoms with Gasteiger partial charge in [-0.1, -0.05) is 63.2 Å². The second-order valence-corrected chi connectivity index (χ2v) is 17.4. The number of benzene rings is 3. The third kappa shape index (κ3) is 6.41. The van der Waals surface area contributed by atoms with E-state index in [-0.39, 0.29) is 24.0 Å². The summed E-state index contributed by atoms with van der Waals surface area (Å²) < 4.78 is 35.8. The molecule has 1 aromatic heterocycles. The van der Waals surface area contributed by atoms with Crippen molar-refractivity contribution >= 4 is 32.4 Å². The lowest BCUT2D eigenvalue weighted by molar-refractivity contribution is 0.0730. The van der Waals surface area contributed by atoms with Crippen LogP contribution < -0.4 is 9.04 Å². The number of aromatic nitrogens is 1. The van der Waals surface area contributed by atoms with E-state index in [0.717, 1.165) is 47.0 Å². The predicted molar refractivity (Wildman–Crippen MR) is 194 cm³/mol. The lowest BCUT2D eigenvalue weighted by Gasteiger charge is -2.29. The van der Waals surface area contributed by atoms with Crippen LogP contribution in [0.25, 0.3) is 10.9 Å². The van der Waals surface area contributed by atoms with Crippen molar-refractivity contribution in [2.24, 2.45) is 5.92 Å². The number of ketones is 1. The van der Waals surface area contributed by atoms with Gasteiger partial charge in [-0.3, -0.25) is 9.10 Å². The molecule has 0 radical (unpaired) electrons. The number of fused-ring (bicyclic) bond motifs is 1. The Kier molecular flexibility index (Phi) is 9.53. The lowest BCUT2D eigenvalue weighted by atomic mass is 9.82. The van der Waals surface area contributed by atoms with Crippen molar-refractivity contribution in [1.29, 1.82) is 0 Å². The van der Waals surface area contributed by atoms with Gasteiger partial charge in [0, 0.05) is 37.2 Å². The van der Waals surface area contributed by atoms with Crippen molar-refractivity contribution in [1.82, 2.24) is 4.57 Å². The van der Waals surface area contributed by atoms with Gasteiger partial charge in [-0.15, -0.1) is 0 Å². The number of aliphatic hydroxyl groups excluding tert-OH is 1. The summed E-state index contributed by atoms with van der Waals surface area (Å²) in [5, 5.41) is 12.7. The topological polar surface area (TPSA) is 88.8 Å². The van der Waals surface area contributed by atoms with E-state index in [9.17, 15) is 18.3 Å². The molecular formula is C40H50N2O5S. The van der Waals surface area contributed by atoms with Crippen molar-refractivity contribution in [3.63, 3.8) is 0 Å². The van der Waals surface area contributed by atoms with Crippen molar-refractivity contribution in [2.75, 3.05) is 18.0 Å². The van der Waals surface area contributed by atoms with Crippen LogP contribution in [-0.4, -0.2) is 48.4 Å². The highest BCUT2D eigenvalue weighted by Gasteiger charge is 2.42. The van der Waals surface area contributed by atoms with Crippen molar-refractivity contribution in [3.05, 3.63) is 94.7 Å². The van der Waals surface area contributed by atoms with Crippen LogP contribution in [0.2, 0.25) is 0 Å². The predicted octanol–water partition coefficient (Wildman–Crippen LogP) is 8.02. The number of carbonyl (C=O) groups is 1. The van der Waals surface area contributed by atoms with Crippen molar-refractivity contribution in [3.8, 4) is 5.75 Å². The molecular weight excluding hydrogens is 621 g/mol. The maximum Gasteiger partial charge on any atom is 0.241 e. The van der Waals surface area contributed by atoms with E-state index in [0.29, 0.717) is 43.2 Å². The standard InChI is InChI=1S/C40H50N2O5S/c1-7-28-24-42-25-40(4,5)48(45,46)41(6)35-21-32(20-34(28)39(35)42)37(44)22-31(19-27-11-9-8-10-12-27)36(43)16-14-29-17-18-47-38-23-30(26(2)3)13-15-33(29)38/h8-13,15,20-21,23-24,26,29,31,36,43H,7,14,16-19,22,25H2,1-6H3/t29-,31-,36-/m1/s1. The molecule has 0 unspecified atom stereocenters. The SMILES string of the molecule is CCc1cn2c3c(cc(C(=O)C[C@@H](Cc4ccccc4)[C@H](O)CC[C@@H]4CCOc5cc(C(C)C)ccc54)cc13)N(C)S(=O)(=O)C(C)(C)C2. The van der Waals surface area contributed by atoms with Crippen LogP contribution in [0.3, 0.4) is 0 Å². The van der Waals surface area contributed by atoms with Crippen LogP contribution in [0.4, 0.5) is 5.69 Å². The van der Waals surface area contributed by atoms with Gasteiger partial charge in [0.2, 0.25) is 10.0 Å². The summed E-state index contributed by atoms with van der Waals surface area (Å²) in [4.78, 5) is 14.2. The molecule has 0 spiro atoms. The Balaban J connectivity index is 1.28. The van der Waals surface area contributed by atoms with E-state index in [2.05, 4.69) is 39.0 Å². The molecule has 3 aromatic carbocycles. The smallest absolute Gasteiger partial charge is 0.241 e. The number of aliphatic hydroxyl groups is 1. The van der Waals surface area contributed by atoms with Gasteiger partial charge in [-0.2, -0.15) is 0 Å². The summed E-state index contributed by atoms with van der Waals surface area (Å²) in [6, 6.07) is 20.3. The van der Waals surface area contributed by atoms with E-state index in [1.165, 1.54) is 15.4 Å². The number of Topliss-reactive ketones (excluding diaryl/α,β-unsaturated/α-hetero) is 1. The zero-order valence-corrected chi connectivity index (χ0v) is 30.0. The highest BCUT2D eigenvalue weighted by Crippen LogP contribution is 2.42. The van der Waals surface area contributed by atoms with Crippen molar-refractivity contribution < 1.29 is 23.1 Å². The fourth-order valence-electron chi connectivity index (χ4n) is 7.65. The Bertz CT molecular complexity index is 1910. The van der Waals surface area contributed by atoms with Gasteiger partial charge >= 0.3 is 0 Å². The van der Waals surface area contributed by atoms with Crippen molar-refractivity contribution in [2.45, 2.75) is 102 Å². The largest absolute Gasteiger partial charge is 0.493 e. The number of rotatable bonds is 11. The second kappa shape index (κ2) is 13.4. The monoisotopic (exact) mass is 670 g/mol. The number of ether oxygens (including phenoxy) is 1. The summed E-state index contributed by atoms with van der Waals surface area (Å²) in [5.41, 5.74) is 6.48. The van der Waals surface area contributed by atoms with Gasteiger partial charge in [0.15, 0.2) is 5.78 Å². The molecule has 6 rings (SSSR count). The molecule has 2 aliphatic heterocycles. The summed E-state index contributed by atoms with van der Waals surface area (Å²) in [6.45, 7) is 10.9. The molecule has 4 aromatic rings. The number of hydrogen-bond donors (Lipinski definition) is 1. The maximum absolute atomic E-state index is 14.2. The molecule has 7 nitrogen and oxygen atoms in total. The highest BCUT2D eigenvalue weighted by molar-refractivity contribution is 7.94. The Morgan fingerprint density at radius 3 is 2.54 bits per heavy atom. The molecule has 0 fully saturated rings. The fourth-order valence-corrected chi connectivity index (χ4v) is 9.09.